The molecule has 144 valence electrons. The van der Waals surface area contributed by atoms with Crippen molar-refractivity contribution in [1.82, 2.24) is 0 Å². The van der Waals surface area contributed by atoms with Crippen molar-refractivity contribution in [3.63, 3.8) is 0 Å². The number of benzene rings is 2. The molecule has 0 atom stereocenters. The number of carbonyl (C=O) groups excluding carboxylic acids is 1. The van der Waals surface area contributed by atoms with E-state index in [1.54, 1.807) is 30.3 Å². The Balaban J connectivity index is 2.08. The van der Waals surface area contributed by atoms with Gasteiger partial charge in [-0.3, -0.25) is 14.9 Å². The van der Waals surface area contributed by atoms with Crippen LogP contribution in [-0.4, -0.2) is 17.4 Å². The monoisotopic (exact) mass is 379 g/mol. The maximum absolute atomic E-state index is 12.3. The highest BCUT2D eigenvalue weighted by atomic mass is 16.6. The Morgan fingerprint density at radius 1 is 1.21 bits per heavy atom. The topological polar surface area (TPSA) is 105 Å². The fourth-order valence-electron chi connectivity index (χ4n) is 2.45. The van der Waals surface area contributed by atoms with E-state index in [-0.39, 0.29) is 16.9 Å². The molecule has 1 N–H and O–H groups in total. The number of nitrogens with zero attached hydrogens (tertiary/aromatic N) is 2. The Morgan fingerprint density at radius 2 is 1.93 bits per heavy atom. The van der Waals surface area contributed by atoms with Crippen LogP contribution < -0.4 is 10.1 Å². The number of ether oxygens (including phenoxy) is 1. The first-order valence-corrected chi connectivity index (χ1v) is 8.94. The highest BCUT2D eigenvalue weighted by Crippen LogP contribution is 2.24. The maximum atomic E-state index is 12.3. The first-order chi connectivity index (χ1) is 13.5. The number of hydrogen-bond acceptors (Lipinski definition) is 5. The van der Waals surface area contributed by atoms with Gasteiger partial charge in [0.05, 0.1) is 11.5 Å². The number of unbranched alkanes of at least 4 members (excludes halogenated alkanes) is 2. The molecule has 0 heterocycles. The standard InChI is InChI=1S/C21H21N3O4/c1-2-3-6-13-28-18-11-9-16(10-12-18)14-17(15-22)21(25)23-19-7-4-5-8-20(19)24(26)27/h4-5,7-12,14H,2-3,6,13H2,1H3,(H,23,25). The Morgan fingerprint density at radius 3 is 2.57 bits per heavy atom. The first kappa shape index (κ1) is 20.6. The van der Waals surface area contributed by atoms with Crippen molar-refractivity contribution < 1.29 is 14.5 Å². The number of anilines is 1. The third-order valence-electron chi connectivity index (χ3n) is 3.92. The van der Waals surface area contributed by atoms with Crippen LogP contribution in [0.15, 0.2) is 54.1 Å². The molecule has 2 aromatic carbocycles. The second-order valence-electron chi connectivity index (χ2n) is 6.02. The smallest absolute Gasteiger partial charge is 0.292 e. The number of amides is 1. The minimum absolute atomic E-state index is 0.0366. The van der Waals surface area contributed by atoms with E-state index in [0.29, 0.717) is 12.2 Å². The summed E-state index contributed by atoms with van der Waals surface area (Å²) < 4.78 is 5.63. The van der Waals surface area contributed by atoms with E-state index in [4.69, 9.17) is 4.74 Å². The van der Waals surface area contributed by atoms with Crippen LogP contribution in [0.1, 0.15) is 31.7 Å². The summed E-state index contributed by atoms with van der Waals surface area (Å²) in [6, 6.07) is 14.6. The number of rotatable bonds is 9. The third kappa shape index (κ3) is 5.95. The molecule has 0 saturated heterocycles. The lowest BCUT2D eigenvalue weighted by atomic mass is 10.1. The third-order valence-corrected chi connectivity index (χ3v) is 3.92. The van der Waals surface area contributed by atoms with Crippen molar-refractivity contribution in [3.8, 4) is 11.8 Å². The maximum Gasteiger partial charge on any atom is 0.292 e. The average molecular weight is 379 g/mol. The minimum atomic E-state index is -0.711. The molecule has 0 bridgehead atoms. The van der Waals surface area contributed by atoms with Gasteiger partial charge in [0, 0.05) is 6.07 Å². The second kappa shape index (κ2) is 10.5. The lowest BCUT2D eigenvalue weighted by Crippen LogP contribution is -2.14. The van der Waals surface area contributed by atoms with Crippen LogP contribution in [0, 0.1) is 21.4 Å². The van der Waals surface area contributed by atoms with Gasteiger partial charge in [0.25, 0.3) is 11.6 Å². The van der Waals surface area contributed by atoms with Crippen molar-refractivity contribution in [2.24, 2.45) is 0 Å². The van der Waals surface area contributed by atoms with Gasteiger partial charge in [0.2, 0.25) is 0 Å². The summed E-state index contributed by atoms with van der Waals surface area (Å²) in [6.07, 6.45) is 4.65. The largest absolute Gasteiger partial charge is 0.494 e. The van der Waals surface area contributed by atoms with Crippen molar-refractivity contribution >= 4 is 23.4 Å². The molecule has 1 amide bonds. The molecular formula is C21H21N3O4. The van der Waals surface area contributed by atoms with Gasteiger partial charge in [-0.1, -0.05) is 44.0 Å². The van der Waals surface area contributed by atoms with E-state index >= 15 is 0 Å². The van der Waals surface area contributed by atoms with Gasteiger partial charge >= 0.3 is 0 Å². The highest BCUT2D eigenvalue weighted by molar-refractivity contribution is 6.10. The number of carbonyl (C=O) groups is 1. The van der Waals surface area contributed by atoms with Crippen LogP contribution in [-0.2, 0) is 4.79 Å². The predicted molar refractivity (Wildman–Crippen MR) is 107 cm³/mol. The number of nitrogens with one attached hydrogen (secondary N) is 1. The zero-order chi connectivity index (χ0) is 20.4. The predicted octanol–water partition coefficient (Wildman–Crippen LogP) is 4.71. The van der Waals surface area contributed by atoms with Crippen LogP contribution in [0.4, 0.5) is 11.4 Å². The summed E-state index contributed by atoms with van der Waals surface area (Å²) in [5, 5.41) is 22.8. The highest BCUT2D eigenvalue weighted by Gasteiger charge is 2.17. The van der Waals surface area contributed by atoms with E-state index in [0.717, 1.165) is 25.0 Å². The lowest BCUT2D eigenvalue weighted by Gasteiger charge is -2.06. The fourth-order valence-corrected chi connectivity index (χ4v) is 2.45. The minimum Gasteiger partial charge on any atom is -0.494 e. The van der Waals surface area contributed by atoms with Gasteiger partial charge in [-0.15, -0.1) is 0 Å². The van der Waals surface area contributed by atoms with E-state index in [9.17, 15) is 20.2 Å². The average Bonchev–Trinajstić information content (AvgIpc) is 2.70. The number of para-hydroxylation sites is 2. The summed E-state index contributed by atoms with van der Waals surface area (Å²) in [7, 11) is 0. The first-order valence-electron chi connectivity index (χ1n) is 8.94. The summed E-state index contributed by atoms with van der Waals surface area (Å²) >= 11 is 0. The zero-order valence-electron chi connectivity index (χ0n) is 15.6. The Labute approximate surface area is 163 Å². The van der Waals surface area contributed by atoms with Crippen LogP contribution >= 0.6 is 0 Å². The van der Waals surface area contributed by atoms with E-state index < -0.39 is 10.8 Å². The molecule has 0 aromatic heterocycles. The molecule has 0 saturated carbocycles. The summed E-state index contributed by atoms with van der Waals surface area (Å²) in [4.78, 5) is 22.8. The molecule has 7 nitrogen and oxygen atoms in total. The molecule has 0 fully saturated rings. The van der Waals surface area contributed by atoms with Crippen molar-refractivity contribution in [1.29, 1.82) is 5.26 Å². The molecule has 0 aliphatic rings. The molecule has 7 heteroatoms. The molecule has 0 radical (unpaired) electrons. The molecule has 0 unspecified atom stereocenters. The van der Waals surface area contributed by atoms with Crippen molar-refractivity contribution in [3.05, 3.63) is 69.8 Å². The van der Waals surface area contributed by atoms with Crippen LogP contribution in [0.5, 0.6) is 5.75 Å². The second-order valence-corrected chi connectivity index (χ2v) is 6.02. The molecule has 2 rings (SSSR count). The fraction of sp³-hybridized carbons (Fsp3) is 0.238. The van der Waals surface area contributed by atoms with Crippen LogP contribution in [0.25, 0.3) is 6.08 Å². The van der Waals surface area contributed by atoms with Gasteiger partial charge in [0.1, 0.15) is 23.1 Å². The Hall–Kier alpha value is -3.66. The number of nitro benzene ring substituents is 1. The van der Waals surface area contributed by atoms with E-state index in [1.807, 2.05) is 6.07 Å². The van der Waals surface area contributed by atoms with Crippen molar-refractivity contribution in [2.45, 2.75) is 26.2 Å². The van der Waals surface area contributed by atoms with Gasteiger partial charge in [0.15, 0.2) is 0 Å². The van der Waals surface area contributed by atoms with Gasteiger partial charge < -0.3 is 10.1 Å². The lowest BCUT2D eigenvalue weighted by molar-refractivity contribution is -0.383. The number of nitro groups is 1. The van der Waals surface area contributed by atoms with Crippen LogP contribution in [0.3, 0.4) is 0 Å². The molecule has 0 aliphatic heterocycles. The number of hydrogen-bond donors (Lipinski definition) is 1. The Kier molecular flexibility index (Phi) is 7.73. The Bertz CT molecular complexity index is 899. The summed E-state index contributed by atoms with van der Waals surface area (Å²) in [6.45, 7) is 2.77. The summed E-state index contributed by atoms with van der Waals surface area (Å²) in [5.74, 6) is 0.00724. The quantitative estimate of drug-likeness (QED) is 0.223. The molecule has 2 aromatic rings. The van der Waals surface area contributed by atoms with Crippen LogP contribution in [0.2, 0.25) is 0 Å². The molecule has 0 aliphatic carbocycles. The normalized spacial score (nSPS) is 10.8. The SMILES string of the molecule is CCCCCOc1ccc(C=C(C#N)C(=O)Nc2ccccc2[N+](=O)[O-])cc1. The molecule has 0 spiro atoms. The zero-order valence-corrected chi connectivity index (χ0v) is 15.6. The van der Waals surface area contributed by atoms with E-state index in [2.05, 4.69) is 12.2 Å². The molecular weight excluding hydrogens is 358 g/mol. The van der Waals surface area contributed by atoms with E-state index in [1.165, 1.54) is 24.3 Å². The van der Waals surface area contributed by atoms with Gasteiger partial charge in [-0.2, -0.15) is 5.26 Å². The molecule has 28 heavy (non-hydrogen) atoms. The summed E-state index contributed by atoms with van der Waals surface area (Å²) in [5.41, 5.74) is 0.289. The van der Waals surface area contributed by atoms with Crippen molar-refractivity contribution in [2.75, 3.05) is 11.9 Å². The van der Waals surface area contributed by atoms with Gasteiger partial charge in [-0.25, -0.2) is 0 Å². The number of nitriles is 1. The van der Waals surface area contributed by atoms with Gasteiger partial charge in [-0.05, 0) is 36.3 Å².